The number of benzene rings is 1. The molecule has 1 aromatic heterocycles. The SMILES string of the molecule is NC(=O)c1c(-c2cccc(Cl)c2)nn2c1CN(C(=O)CC13CCC(CF)(CC1)CC3)CC2. The van der Waals surface area contributed by atoms with E-state index in [1.807, 2.05) is 17.0 Å². The van der Waals surface area contributed by atoms with Crippen LogP contribution in [0.15, 0.2) is 24.3 Å². The Kier molecular flexibility index (Phi) is 5.27. The molecule has 170 valence electrons. The third kappa shape index (κ3) is 3.60. The molecule has 6 rings (SSSR count). The van der Waals surface area contributed by atoms with E-state index < -0.39 is 5.91 Å². The Morgan fingerprint density at radius 1 is 1.09 bits per heavy atom. The van der Waals surface area contributed by atoms with Crippen molar-refractivity contribution in [3.63, 3.8) is 0 Å². The number of nitrogens with zero attached hydrogens (tertiary/aromatic N) is 3. The highest BCUT2D eigenvalue weighted by Gasteiger charge is 2.49. The first kappa shape index (κ1) is 21.4. The third-order valence-electron chi connectivity index (χ3n) is 8.04. The molecule has 1 aliphatic heterocycles. The Hall–Kier alpha value is -2.41. The Morgan fingerprint density at radius 2 is 1.78 bits per heavy atom. The van der Waals surface area contributed by atoms with Crippen molar-refractivity contribution in [1.82, 2.24) is 14.7 Å². The summed E-state index contributed by atoms with van der Waals surface area (Å²) >= 11 is 6.13. The van der Waals surface area contributed by atoms with Crippen molar-refractivity contribution in [2.24, 2.45) is 16.6 Å². The van der Waals surface area contributed by atoms with E-state index in [2.05, 4.69) is 5.10 Å². The molecule has 0 saturated heterocycles. The summed E-state index contributed by atoms with van der Waals surface area (Å²) in [6, 6.07) is 7.17. The molecule has 2 bridgehead atoms. The van der Waals surface area contributed by atoms with E-state index in [0.717, 1.165) is 44.1 Å². The van der Waals surface area contributed by atoms with Crippen molar-refractivity contribution in [2.75, 3.05) is 13.2 Å². The lowest BCUT2D eigenvalue weighted by Gasteiger charge is -2.52. The van der Waals surface area contributed by atoms with Gasteiger partial charge in [0.1, 0.15) is 5.69 Å². The third-order valence-corrected chi connectivity index (χ3v) is 8.28. The van der Waals surface area contributed by atoms with Crippen molar-refractivity contribution in [3.8, 4) is 11.3 Å². The van der Waals surface area contributed by atoms with Crippen LogP contribution in [0.2, 0.25) is 5.02 Å². The smallest absolute Gasteiger partial charge is 0.252 e. The van der Waals surface area contributed by atoms with E-state index in [1.54, 1.807) is 16.8 Å². The number of nitrogens with two attached hydrogens (primary N) is 1. The molecule has 3 aliphatic carbocycles. The fourth-order valence-electron chi connectivity index (χ4n) is 5.87. The number of hydrogen-bond acceptors (Lipinski definition) is 3. The highest BCUT2D eigenvalue weighted by atomic mass is 35.5. The van der Waals surface area contributed by atoms with Crippen LogP contribution in [0, 0.1) is 10.8 Å². The molecule has 4 aliphatic rings. The molecule has 2 heterocycles. The summed E-state index contributed by atoms with van der Waals surface area (Å²) < 4.78 is 15.3. The van der Waals surface area contributed by atoms with Gasteiger partial charge in [-0.3, -0.25) is 18.7 Å². The zero-order valence-electron chi connectivity index (χ0n) is 18.1. The second-order valence-corrected chi connectivity index (χ2v) is 10.3. The van der Waals surface area contributed by atoms with E-state index >= 15 is 0 Å². The fraction of sp³-hybridized carbons (Fsp3) is 0.542. The average molecular weight is 459 g/mol. The van der Waals surface area contributed by atoms with Crippen LogP contribution in [-0.2, 0) is 17.9 Å². The molecule has 0 radical (unpaired) electrons. The molecule has 0 spiro atoms. The van der Waals surface area contributed by atoms with Crippen LogP contribution < -0.4 is 5.73 Å². The lowest BCUT2D eigenvalue weighted by atomic mass is 9.53. The first-order chi connectivity index (χ1) is 15.3. The lowest BCUT2D eigenvalue weighted by Crippen LogP contribution is -2.46. The van der Waals surface area contributed by atoms with Crippen LogP contribution in [-0.4, -0.2) is 39.7 Å². The van der Waals surface area contributed by atoms with E-state index in [0.29, 0.717) is 48.0 Å². The molecule has 0 unspecified atom stereocenters. The van der Waals surface area contributed by atoms with E-state index in [9.17, 15) is 14.0 Å². The van der Waals surface area contributed by atoms with Crippen LogP contribution in [0.3, 0.4) is 0 Å². The second kappa shape index (κ2) is 7.87. The molecule has 8 heteroatoms. The fourth-order valence-corrected chi connectivity index (χ4v) is 6.06. The molecule has 3 fully saturated rings. The quantitative estimate of drug-likeness (QED) is 0.723. The van der Waals surface area contributed by atoms with Gasteiger partial charge < -0.3 is 10.6 Å². The van der Waals surface area contributed by atoms with Gasteiger partial charge in [0, 0.05) is 23.6 Å². The summed E-state index contributed by atoms with van der Waals surface area (Å²) in [7, 11) is 0. The zero-order valence-corrected chi connectivity index (χ0v) is 18.8. The summed E-state index contributed by atoms with van der Waals surface area (Å²) in [5.74, 6) is -0.455. The molecule has 6 nitrogen and oxygen atoms in total. The number of amides is 2. The molecular formula is C24H28ClFN4O2. The van der Waals surface area contributed by atoms with Gasteiger partial charge in [-0.15, -0.1) is 0 Å². The van der Waals surface area contributed by atoms with Crippen molar-refractivity contribution in [2.45, 2.75) is 58.0 Å². The lowest BCUT2D eigenvalue weighted by molar-refractivity contribution is -0.138. The molecule has 0 atom stereocenters. The predicted octanol–water partition coefficient (Wildman–Crippen LogP) is 4.34. The highest BCUT2D eigenvalue weighted by Crippen LogP contribution is 2.58. The summed E-state index contributed by atoms with van der Waals surface area (Å²) in [6.45, 7) is 1.14. The topological polar surface area (TPSA) is 81.2 Å². The maximum absolute atomic E-state index is 13.5. The van der Waals surface area contributed by atoms with Crippen molar-refractivity contribution < 1.29 is 14.0 Å². The minimum atomic E-state index is -0.559. The first-order valence-electron chi connectivity index (χ1n) is 11.3. The molecule has 2 amide bonds. The summed E-state index contributed by atoms with van der Waals surface area (Å²) in [5, 5.41) is 5.18. The molecule has 3 saturated carbocycles. The van der Waals surface area contributed by atoms with E-state index in [-0.39, 0.29) is 23.4 Å². The number of carbonyl (C=O) groups excluding carboxylic acids is 2. The van der Waals surface area contributed by atoms with Crippen molar-refractivity contribution in [3.05, 3.63) is 40.5 Å². The minimum Gasteiger partial charge on any atom is -0.365 e. The van der Waals surface area contributed by atoms with Gasteiger partial charge in [-0.05, 0) is 61.5 Å². The number of rotatable bonds is 5. The summed E-state index contributed by atoms with van der Waals surface area (Å²) in [5.41, 5.74) is 7.88. The normalized spacial score (nSPS) is 26.8. The van der Waals surface area contributed by atoms with Crippen molar-refractivity contribution in [1.29, 1.82) is 0 Å². The number of carbonyl (C=O) groups is 2. The van der Waals surface area contributed by atoms with Gasteiger partial charge in [0.2, 0.25) is 5.91 Å². The minimum absolute atomic E-state index is 0.00413. The predicted molar refractivity (Wildman–Crippen MR) is 120 cm³/mol. The summed E-state index contributed by atoms with van der Waals surface area (Å²) in [6.07, 6.45) is 5.95. The van der Waals surface area contributed by atoms with Gasteiger partial charge in [-0.2, -0.15) is 5.10 Å². The van der Waals surface area contributed by atoms with Crippen LogP contribution in [0.25, 0.3) is 11.3 Å². The Bertz CT molecular complexity index is 1060. The first-order valence-corrected chi connectivity index (χ1v) is 11.7. The number of primary amides is 1. The average Bonchev–Trinajstić information content (AvgIpc) is 3.19. The largest absolute Gasteiger partial charge is 0.365 e. The molecule has 2 aromatic rings. The van der Waals surface area contributed by atoms with Crippen LogP contribution >= 0.6 is 11.6 Å². The number of alkyl halides is 1. The number of hydrogen-bond donors (Lipinski definition) is 1. The molecule has 1 aromatic carbocycles. The molecular weight excluding hydrogens is 431 g/mol. The monoisotopic (exact) mass is 458 g/mol. The maximum atomic E-state index is 13.5. The van der Waals surface area contributed by atoms with Gasteiger partial charge in [-0.1, -0.05) is 23.7 Å². The number of halogens is 2. The number of aromatic nitrogens is 2. The van der Waals surface area contributed by atoms with E-state index in [1.165, 1.54) is 0 Å². The Morgan fingerprint density at radius 3 is 2.41 bits per heavy atom. The van der Waals surface area contributed by atoms with Crippen LogP contribution in [0.5, 0.6) is 0 Å². The second-order valence-electron chi connectivity index (χ2n) is 9.89. The van der Waals surface area contributed by atoms with Gasteiger partial charge in [0.15, 0.2) is 0 Å². The standard InChI is InChI=1S/C24H28ClFN4O2/c25-17-3-1-2-16(12-17)21-20(22(27)32)18-14-29(10-11-30(18)28-21)19(31)13-23-4-7-24(15-26,8-5-23)9-6-23/h1-3,12H,4-11,13-15H2,(H2,27,32). The highest BCUT2D eigenvalue weighted by molar-refractivity contribution is 6.30. The molecule has 2 N–H and O–H groups in total. The zero-order chi connectivity index (χ0) is 22.5. The van der Waals surface area contributed by atoms with Crippen LogP contribution in [0.4, 0.5) is 4.39 Å². The van der Waals surface area contributed by atoms with Gasteiger partial charge in [0.25, 0.3) is 5.91 Å². The Labute approximate surface area is 191 Å². The van der Waals surface area contributed by atoms with Crippen LogP contribution in [0.1, 0.15) is 61.0 Å². The maximum Gasteiger partial charge on any atom is 0.252 e. The molecule has 32 heavy (non-hydrogen) atoms. The number of fused-ring (bicyclic) bond motifs is 4. The van der Waals surface area contributed by atoms with Gasteiger partial charge >= 0.3 is 0 Å². The summed E-state index contributed by atoms with van der Waals surface area (Å²) in [4.78, 5) is 27.5. The van der Waals surface area contributed by atoms with E-state index in [4.69, 9.17) is 17.3 Å². The Balaban J connectivity index is 1.37. The van der Waals surface area contributed by atoms with Gasteiger partial charge in [-0.25, -0.2) is 0 Å². The van der Waals surface area contributed by atoms with Gasteiger partial charge in [0.05, 0.1) is 31.0 Å². The van der Waals surface area contributed by atoms with Crippen molar-refractivity contribution >= 4 is 23.4 Å².